The van der Waals surface area contributed by atoms with Gasteiger partial charge < -0.3 is 20.7 Å². The van der Waals surface area contributed by atoms with Crippen molar-refractivity contribution in [3.05, 3.63) is 29.8 Å². The van der Waals surface area contributed by atoms with Crippen molar-refractivity contribution < 1.29 is 14.3 Å². The van der Waals surface area contributed by atoms with Gasteiger partial charge in [0, 0.05) is 24.7 Å². The Labute approximate surface area is 130 Å². The van der Waals surface area contributed by atoms with Crippen LogP contribution in [0.2, 0.25) is 0 Å². The number of hydrogen-bond acceptors (Lipinski definition) is 3. The number of ether oxygens (including phenoxy) is 1. The first-order chi connectivity index (χ1) is 10.6. The molecule has 3 amide bonds. The normalized spacial score (nSPS) is 17.9. The molecule has 1 aliphatic heterocycles. The molecule has 0 radical (unpaired) electrons. The molecule has 1 aliphatic rings. The van der Waals surface area contributed by atoms with E-state index in [1.54, 1.807) is 12.1 Å². The second-order valence-corrected chi connectivity index (χ2v) is 5.35. The van der Waals surface area contributed by atoms with Crippen LogP contribution in [0, 0.1) is 0 Å². The van der Waals surface area contributed by atoms with E-state index in [0.717, 1.165) is 19.3 Å². The molecular weight excluding hydrogens is 282 g/mol. The van der Waals surface area contributed by atoms with Gasteiger partial charge in [0.15, 0.2) is 0 Å². The van der Waals surface area contributed by atoms with Crippen LogP contribution in [-0.4, -0.2) is 42.6 Å². The molecule has 3 N–H and O–H groups in total. The number of amides is 3. The van der Waals surface area contributed by atoms with Crippen molar-refractivity contribution in [1.82, 2.24) is 10.2 Å². The number of nitrogens with zero attached hydrogens (tertiary/aromatic N) is 1. The van der Waals surface area contributed by atoms with E-state index in [9.17, 15) is 9.59 Å². The van der Waals surface area contributed by atoms with Crippen LogP contribution in [0.1, 0.15) is 36.5 Å². The summed E-state index contributed by atoms with van der Waals surface area (Å²) in [6, 6.07) is 6.64. The third-order valence-corrected chi connectivity index (χ3v) is 3.79. The van der Waals surface area contributed by atoms with Crippen molar-refractivity contribution in [1.29, 1.82) is 0 Å². The van der Waals surface area contributed by atoms with Crippen LogP contribution in [0.15, 0.2) is 24.3 Å². The van der Waals surface area contributed by atoms with Crippen LogP contribution < -0.4 is 15.8 Å². The Kier molecular flexibility index (Phi) is 5.63. The molecule has 120 valence electrons. The highest BCUT2D eigenvalue weighted by Crippen LogP contribution is 2.21. The highest BCUT2D eigenvalue weighted by molar-refractivity contribution is 5.95. The van der Waals surface area contributed by atoms with Gasteiger partial charge in [0.05, 0.1) is 6.61 Å². The number of benzene rings is 1. The molecule has 1 saturated heterocycles. The largest absolute Gasteiger partial charge is 0.494 e. The van der Waals surface area contributed by atoms with Gasteiger partial charge in [0.2, 0.25) is 0 Å². The summed E-state index contributed by atoms with van der Waals surface area (Å²) in [5, 5.41) is 2.60. The average Bonchev–Trinajstić information content (AvgIpc) is 2.53. The summed E-state index contributed by atoms with van der Waals surface area (Å²) in [6.07, 6.45) is 2.90. The first kappa shape index (κ1) is 16.1. The zero-order valence-corrected chi connectivity index (χ0v) is 12.9. The lowest BCUT2D eigenvalue weighted by Crippen LogP contribution is -2.50. The number of urea groups is 1. The number of nitrogens with two attached hydrogens (primary N) is 1. The van der Waals surface area contributed by atoms with Crippen LogP contribution in [0.3, 0.4) is 0 Å². The molecule has 1 aromatic rings. The van der Waals surface area contributed by atoms with Gasteiger partial charge in [-0.2, -0.15) is 0 Å². The van der Waals surface area contributed by atoms with Crippen LogP contribution in [0.5, 0.6) is 5.75 Å². The highest BCUT2D eigenvalue weighted by Gasteiger charge is 2.27. The first-order valence-corrected chi connectivity index (χ1v) is 7.69. The molecule has 1 aromatic carbocycles. The fraction of sp³-hybridized carbons (Fsp3) is 0.500. The minimum atomic E-state index is -0.559. The van der Waals surface area contributed by atoms with Crippen LogP contribution in [-0.2, 0) is 0 Å². The first-order valence-electron chi connectivity index (χ1n) is 7.69. The maximum Gasteiger partial charge on any atom is 0.312 e. The highest BCUT2D eigenvalue weighted by atomic mass is 16.5. The second kappa shape index (κ2) is 7.68. The van der Waals surface area contributed by atoms with Gasteiger partial charge in [0.25, 0.3) is 5.91 Å². The maximum absolute atomic E-state index is 12.7. The molecule has 22 heavy (non-hydrogen) atoms. The topological polar surface area (TPSA) is 84.7 Å². The Hall–Kier alpha value is -2.24. The van der Waals surface area contributed by atoms with E-state index < -0.39 is 6.03 Å². The summed E-state index contributed by atoms with van der Waals surface area (Å²) in [5.74, 6) is 0.662. The van der Waals surface area contributed by atoms with Gasteiger partial charge in [-0.25, -0.2) is 4.79 Å². The summed E-state index contributed by atoms with van der Waals surface area (Å²) < 4.78 is 5.45. The van der Waals surface area contributed by atoms with Gasteiger partial charge in [-0.1, -0.05) is 6.07 Å². The van der Waals surface area contributed by atoms with Crippen LogP contribution in [0.4, 0.5) is 4.79 Å². The smallest absolute Gasteiger partial charge is 0.312 e. The van der Waals surface area contributed by atoms with Gasteiger partial charge >= 0.3 is 6.03 Å². The number of hydrogen-bond donors (Lipinski definition) is 2. The number of rotatable bonds is 5. The fourth-order valence-corrected chi connectivity index (χ4v) is 2.75. The summed E-state index contributed by atoms with van der Waals surface area (Å²) in [6.45, 7) is 3.56. The van der Waals surface area contributed by atoms with Crippen molar-refractivity contribution in [2.24, 2.45) is 5.73 Å². The Morgan fingerprint density at radius 3 is 2.95 bits per heavy atom. The van der Waals surface area contributed by atoms with Crippen molar-refractivity contribution in [3.63, 3.8) is 0 Å². The molecule has 0 spiro atoms. The molecule has 1 fully saturated rings. The van der Waals surface area contributed by atoms with Gasteiger partial charge in [-0.3, -0.25) is 4.79 Å². The predicted octanol–water partition coefficient (Wildman–Crippen LogP) is 1.75. The summed E-state index contributed by atoms with van der Waals surface area (Å²) in [5.41, 5.74) is 5.73. The number of carbonyl (C=O) groups excluding carboxylic acids is 2. The summed E-state index contributed by atoms with van der Waals surface area (Å²) in [7, 11) is 0. The molecule has 1 atom stereocenters. The van der Waals surface area contributed by atoms with Crippen LogP contribution in [0.25, 0.3) is 0 Å². The van der Waals surface area contributed by atoms with E-state index in [-0.39, 0.29) is 11.9 Å². The van der Waals surface area contributed by atoms with Crippen LogP contribution >= 0.6 is 0 Å². The molecular formula is C16H23N3O3. The lowest BCUT2D eigenvalue weighted by atomic mass is 10.0. The number of nitrogens with one attached hydrogen (secondary N) is 1. The fourth-order valence-electron chi connectivity index (χ4n) is 2.75. The quantitative estimate of drug-likeness (QED) is 0.869. The zero-order valence-electron chi connectivity index (χ0n) is 12.9. The standard InChI is InChI=1S/C16H23N3O3/c1-2-22-14-8-5-6-12(10-14)15(20)19-9-4-3-7-13(19)11-18-16(17)21/h5-6,8,10,13H,2-4,7,9,11H2,1H3,(H3,17,18,21). The lowest BCUT2D eigenvalue weighted by Gasteiger charge is -2.35. The molecule has 0 aromatic heterocycles. The minimum Gasteiger partial charge on any atom is -0.494 e. The van der Waals surface area contributed by atoms with E-state index in [1.165, 1.54) is 0 Å². The Bertz CT molecular complexity index is 533. The minimum absolute atomic E-state index is 0.00972. The maximum atomic E-state index is 12.7. The van der Waals surface area contributed by atoms with E-state index >= 15 is 0 Å². The molecule has 2 rings (SSSR count). The Balaban J connectivity index is 2.10. The van der Waals surface area contributed by atoms with Gasteiger partial charge in [0.1, 0.15) is 5.75 Å². The van der Waals surface area contributed by atoms with Crippen molar-refractivity contribution in [3.8, 4) is 5.75 Å². The van der Waals surface area contributed by atoms with E-state index in [1.807, 2.05) is 24.0 Å². The third kappa shape index (κ3) is 4.13. The molecule has 6 heteroatoms. The van der Waals surface area contributed by atoms with Gasteiger partial charge in [-0.15, -0.1) is 0 Å². The molecule has 1 unspecified atom stereocenters. The second-order valence-electron chi connectivity index (χ2n) is 5.35. The molecule has 0 bridgehead atoms. The molecule has 0 aliphatic carbocycles. The van der Waals surface area contributed by atoms with Crippen molar-refractivity contribution in [2.75, 3.05) is 19.7 Å². The Morgan fingerprint density at radius 1 is 1.41 bits per heavy atom. The Morgan fingerprint density at radius 2 is 2.23 bits per heavy atom. The number of piperidine rings is 1. The summed E-state index contributed by atoms with van der Waals surface area (Å²) >= 11 is 0. The summed E-state index contributed by atoms with van der Waals surface area (Å²) in [4.78, 5) is 25.5. The SMILES string of the molecule is CCOc1cccc(C(=O)N2CCCCC2CNC(N)=O)c1. The van der Waals surface area contributed by atoms with Crippen molar-refractivity contribution >= 4 is 11.9 Å². The van der Waals surface area contributed by atoms with E-state index in [4.69, 9.17) is 10.5 Å². The van der Waals surface area contributed by atoms with Crippen molar-refractivity contribution in [2.45, 2.75) is 32.2 Å². The zero-order chi connectivity index (χ0) is 15.9. The molecule has 0 saturated carbocycles. The number of carbonyl (C=O) groups is 2. The van der Waals surface area contributed by atoms with E-state index in [0.29, 0.717) is 31.0 Å². The lowest BCUT2D eigenvalue weighted by molar-refractivity contribution is 0.0614. The number of primary amides is 1. The number of likely N-dealkylation sites (tertiary alicyclic amines) is 1. The average molecular weight is 305 g/mol. The molecule has 6 nitrogen and oxygen atoms in total. The van der Waals surface area contributed by atoms with E-state index in [2.05, 4.69) is 5.32 Å². The molecule has 1 heterocycles. The monoisotopic (exact) mass is 305 g/mol. The predicted molar refractivity (Wildman–Crippen MR) is 83.9 cm³/mol. The third-order valence-electron chi connectivity index (χ3n) is 3.79. The van der Waals surface area contributed by atoms with Gasteiger partial charge in [-0.05, 0) is 44.4 Å².